The first-order chi connectivity index (χ1) is 9.72. The summed E-state index contributed by atoms with van der Waals surface area (Å²) in [5, 5.41) is 3.45. The van der Waals surface area contributed by atoms with E-state index in [-0.39, 0.29) is 12.0 Å². The highest BCUT2D eigenvalue weighted by atomic mass is 16.5. The van der Waals surface area contributed by atoms with Gasteiger partial charge < -0.3 is 15.0 Å². The van der Waals surface area contributed by atoms with E-state index in [9.17, 15) is 4.79 Å². The molecule has 0 bridgehead atoms. The van der Waals surface area contributed by atoms with Gasteiger partial charge in [-0.15, -0.1) is 0 Å². The first-order valence-corrected chi connectivity index (χ1v) is 8.26. The summed E-state index contributed by atoms with van der Waals surface area (Å²) in [6.45, 7) is 8.32. The van der Waals surface area contributed by atoms with Crippen LogP contribution >= 0.6 is 0 Å². The maximum atomic E-state index is 12.0. The molecule has 0 spiro atoms. The number of carbonyl (C=O) groups is 1. The molecule has 4 nitrogen and oxygen atoms in total. The van der Waals surface area contributed by atoms with Crippen LogP contribution < -0.4 is 5.32 Å². The molecular weight excluding hydrogens is 252 g/mol. The van der Waals surface area contributed by atoms with Gasteiger partial charge in [-0.3, -0.25) is 4.79 Å². The Morgan fingerprint density at radius 3 is 2.30 bits per heavy atom. The number of nitrogens with zero attached hydrogens (tertiary/aromatic N) is 1. The number of hydrogen-bond acceptors (Lipinski definition) is 4. The minimum absolute atomic E-state index is 0.0866. The van der Waals surface area contributed by atoms with Gasteiger partial charge in [0.05, 0.1) is 7.11 Å². The van der Waals surface area contributed by atoms with Crippen molar-refractivity contribution in [2.24, 2.45) is 5.92 Å². The van der Waals surface area contributed by atoms with Crippen molar-refractivity contribution in [1.82, 2.24) is 10.2 Å². The molecule has 0 saturated heterocycles. The van der Waals surface area contributed by atoms with E-state index >= 15 is 0 Å². The Morgan fingerprint density at radius 1 is 1.20 bits per heavy atom. The molecule has 0 heterocycles. The van der Waals surface area contributed by atoms with E-state index in [1.807, 2.05) is 0 Å². The molecule has 0 aromatic carbocycles. The lowest BCUT2D eigenvalue weighted by Crippen LogP contribution is -2.46. The fourth-order valence-corrected chi connectivity index (χ4v) is 3.13. The van der Waals surface area contributed by atoms with Crippen LogP contribution in [-0.4, -0.2) is 50.2 Å². The molecule has 1 aliphatic rings. The summed E-state index contributed by atoms with van der Waals surface area (Å²) in [6, 6.07) is -0.117. The molecule has 0 amide bonds. The predicted octanol–water partition coefficient (Wildman–Crippen LogP) is 2.43. The quantitative estimate of drug-likeness (QED) is 0.549. The third-order valence-electron chi connectivity index (χ3n) is 4.51. The smallest absolute Gasteiger partial charge is 0.323 e. The minimum Gasteiger partial charge on any atom is -0.468 e. The number of likely N-dealkylation sites (N-methyl/N-ethyl adjacent to an activating group) is 1. The Labute approximate surface area is 124 Å². The zero-order valence-corrected chi connectivity index (χ0v) is 13.5. The third kappa shape index (κ3) is 5.80. The zero-order valence-electron chi connectivity index (χ0n) is 13.5. The van der Waals surface area contributed by atoms with Gasteiger partial charge in [-0.05, 0) is 31.8 Å². The molecular formula is C16H32N2O2. The lowest BCUT2D eigenvalue weighted by molar-refractivity contribution is -0.144. The monoisotopic (exact) mass is 284 g/mol. The van der Waals surface area contributed by atoms with Gasteiger partial charge in [-0.2, -0.15) is 0 Å². The van der Waals surface area contributed by atoms with E-state index in [1.54, 1.807) is 0 Å². The topological polar surface area (TPSA) is 41.6 Å². The van der Waals surface area contributed by atoms with E-state index in [4.69, 9.17) is 4.74 Å². The fourth-order valence-electron chi connectivity index (χ4n) is 3.13. The van der Waals surface area contributed by atoms with Gasteiger partial charge in [0.1, 0.15) is 6.04 Å². The van der Waals surface area contributed by atoms with Crippen molar-refractivity contribution in [3.63, 3.8) is 0 Å². The van der Waals surface area contributed by atoms with Crippen LogP contribution in [0.3, 0.4) is 0 Å². The van der Waals surface area contributed by atoms with Gasteiger partial charge in [0, 0.05) is 13.1 Å². The number of carbonyl (C=O) groups excluding carboxylic acids is 1. The maximum absolute atomic E-state index is 12.0. The number of hydrogen-bond donors (Lipinski definition) is 1. The van der Waals surface area contributed by atoms with E-state index in [2.05, 4.69) is 24.1 Å². The number of rotatable bonds is 8. The summed E-state index contributed by atoms with van der Waals surface area (Å²) < 4.78 is 5.00. The molecule has 0 aromatic rings. The molecule has 1 rings (SSSR count). The summed E-state index contributed by atoms with van der Waals surface area (Å²) in [4.78, 5) is 14.4. The van der Waals surface area contributed by atoms with E-state index in [0.717, 1.165) is 39.0 Å². The van der Waals surface area contributed by atoms with Crippen molar-refractivity contribution < 1.29 is 9.53 Å². The molecule has 4 heteroatoms. The highest BCUT2D eigenvalue weighted by molar-refractivity contribution is 5.76. The first kappa shape index (κ1) is 17.4. The molecule has 0 aliphatic heterocycles. The molecule has 1 aliphatic carbocycles. The van der Waals surface area contributed by atoms with Gasteiger partial charge in [-0.1, -0.05) is 39.5 Å². The van der Waals surface area contributed by atoms with Gasteiger partial charge in [0.2, 0.25) is 0 Å². The van der Waals surface area contributed by atoms with Crippen molar-refractivity contribution >= 4 is 5.97 Å². The molecule has 1 atom stereocenters. The van der Waals surface area contributed by atoms with Crippen LogP contribution in [0.1, 0.15) is 52.4 Å². The summed E-state index contributed by atoms with van der Waals surface area (Å²) >= 11 is 0. The fraction of sp³-hybridized carbons (Fsp3) is 0.938. The van der Waals surface area contributed by atoms with Crippen LogP contribution in [0.4, 0.5) is 0 Å². The minimum atomic E-state index is -0.117. The normalized spacial score (nSPS) is 18.8. The second-order valence-corrected chi connectivity index (χ2v) is 5.73. The molecule has 0 aromatic heterocycles. The van der Waals surface area contributed by atoms with Crippen LogP contribution in [0, 0.1) is 5.92 Å². The first-order valence-electron chi connectivity index (χ1n) is 8.26. The molecule has 118 valence electrons. The molecule has 20 heavy (non-hydrogen) atoms. The summed E-state index contributed by atoms with van der Waals surface area (Å²) in [7, 11) is 1.50. The predicted molar refractivity (Wildman–Crippen MR) is 82.8 cm³/mol. The van der Waals surface area contributed by atoms with Crippen LogP contribution in [0.15, 0.2) is 0 Å². The lowest BCUT2D eigenvalue weighted by atomic mass is 9.92. The zero-order chi connectivity index (χ0) is 14.8. The standard InChI is InChI=1S/C16H32N2O2/c1-4-18(5-2)13-12-17-15(16(19)20-3)14-10-8-6-7-9-11-14/h14-15,17H,4-13H2,1-3H3. The highest BCUT2D eigenvalue weighted by Crippen LogP contribution is 2.26. The van der Waals surface area contributed by atoms with E-state index < -0.39 is 0 Å². The van der Waals surface area contributed by atoms with Gasteiger partial charge in [-0.25, -0.2) is 0 Å². The average molecular weight is 284 g/mol. The molecule has 1 N–H and O–H groups in total. The van der Waals surface area contributed by atoms with Crippen LogP contribution in [0.2, 0.25) is 0 Å². The van der Waals surface area contributed by atoms with E-state index in [0.29, 0.717) is 5.92 Å². The van der Waals surface area contributed by atoms with Crippen molar-refractivity contribution in [1.29, 1.82) is 0 Å². The Balaban J connectivity index is 2.48. The molecule has 1 fully saturated rings. The van der Waals surface area contributed by atoms with Crippen LogP contribution in [0.25, 0.3) is 0 Å². The van der Waals surface area contributed by atoms with Crippen LogP contribution in [-0.2, 0) is 9.53 Å². The summed E-state index contributed by atoms with van der Waals surface area (Å²) in [6.07, 6.45) is 7.41. The third-order valence-corrected chi connectivity index (χ3v) is 4.51. The highest BCUT2D eigenvalue weighted by Gasteiger charge is 2.29. The molecule has 1 saturated carbocycles. The number of nitrogens with one attached hydrogen (secondary N) is 1. The molecule has 0 radical (unpaired) electrons. The number of methoxy groups -OCH3 is 1. The van der Waals surface area contributed by atoms with Crippen LogP contribution in [0.5, 0.6) is 0 Å². The largest absolute Gasteiger partial charge is 0.468 e. The number of ether oxygens (including phenoxy) is 1. The van der Waals surface area contributed by atoms with Crippen molar-refractivity contribution in [3.05, 3.63) is 0 Å². The SMILES string of the molecule is CCN(CC)CCNC(C(=O)OC)C1CCCCCC1. The van der Waals surface area contributed by atoms with Gasteiger partial charge >= 0.3 is 5.97 Å². The van der Waals surface area contributed by atoms with Gasteiger partial charge in [0.15, 0.2) is 0 Å². The van der Waals surface area contributed by atoms with Crippen molar-refractivity contribution in [3.8, 4) is 0 Å². The summed E-state index contributed by atoms with van der Waals surface area (Å²) in [5.74, 6) is 0.359. The lowest BCUT2D eigenvalue weighted by Gasteiger charge is -2.26. The van der Waals surface area contributed by atoms with Gasteiger partial charge in [0.25, 0.3) is 0 Å². The van der Waals surface area contributed by atoms with E-state index in [1.165, 1.54) is 32.8 Å². The Morgan fingerprint density at radius 2 is 1.80 bits per heavy atom. The average Bonchev–Trinajstić information content (AvgIpc) is 2.76. The second kappa shape index (κ2) is 10.2. The number of esters is 1. The Bertz CT molecular complexity index is 259. The summed E-state index contributed by atoms with van der Waals surface area (Å²) in [5.41, 5.74) is 0. The van der Waals surface area contributed by atoms with Crippen molar-refractivity contribution in [2.45, 2.75) is 58.4 Å². The second-order valence-electron chi connectivity index (χ2n) is 5.73. The maximum Gasteiger partial charge on any atom is 0.323 e. The molecule has 1 unspecified atom stereocenters. The Kier molecular flexibility index (Phi) is 8.86. The Hall–Kier alpha value is -0.610. The van der Waals surface area contributed by atoms with Crippen molar-refractivity contribution in [2.75, 3.05) is 33.3 Å².